The second-order valence-corrected chi connectivity index (χ2v) is 8.58. The van der Waals surface area contributed by atoms with Gasteiger partial charge in [0.1, 0.15) is 18.5 Å². The van der Waals surface area contributed by atoms with Crippen LogP contribution in [-0.4, -0.2) is 61.6 Å². The minimum Gasteiger partial charge on any atom is -0.370 e. The number of anilines is 2. The van der Waals surface area contributed by atoms with Crippen molar-refractivity contribution in [3.63, 3.8) is 0 Å². The predicted molar refractivity (Wildman–Crippen MR) is 113 cm³/mol. The second-order valence-electron chi connectivity index (χ2n) is 8.58. The molecule has 0 bridgehead atoms. The SMILES string of the molecule is NC[C@@H](C(=O)Nc1ccc(N2CCOCC2=O)cc1F)N(CC1CCC1)C1CCC1. The number of amides is 2. The summed E-state index contributed by atoms with van der Waals surface area (Å²) in [6.45, 7) is 1.90. The summed E-state index contributed by atoms with van der Waals surface area (Å²) in [5, 5.41) is 2.73. The lowest BCUT2D eigenvalue weighted by molar-refractivity contribution is -0.125. The number of morpholine rings is 1. The van der Waals surface area contributed by atoms with E-state index in [0.29, 0.717) is 30.8 Å². The summed E-state index contributed by atoms with van der Waals surface area (Å²) >= 11 is 0. The van der Waals surface area contributed by atoms with E-state index in [2.05, 4.69) is 10.2 Å². The molecule has 2 saturated carbocycles. The smallest absolute Gasteiger partial charge is 0.253 e. The first-order valence-corrected chi connectivity index (χ1v) is 11.0. The lowest BCUT2D eigenvalue weighted by Gasteiger charge is -2.44. The molecule has 1 saturated heterocycles. The normalized spacial score (nSPS) is 21.3. The van der Waals surface area contributed by atoms with Crippen molar-refractivity contribution in [1.29, 1.82) is 0 Å². The van der Waals surface area contributed by atoms with Crippen LogP contribution >= 0.6 is 0 Å². The topological polar surface area (TPSA) is 87.9 Å². The number of carbonyl (C=O) groups is 2. The largest absolute Gasteiger partial charge is 0.370 e. The summed E-state index contributed by atoms with van der Waals surface area (Å²) in [5.74, 6) is -0.398. The van der Waals surface area contributed by atoms with Crippen LogP contribution in [0.3, 0.4) is 0 Å². The summed E-state index contributed by atoms with van der Waals surface area (Å²) in [4.78, 5) is 28.8. The van der Waals surface area contributed by atoms with Crippen molar-refractivity contribution in [3.05, 3.63) is 24.0 Å². The van der Waals surface area contributed by atoms with Gasteiger partial charge in [-0.25, -0.2) is 4.39 Å². The Morgan fingerprint density at radius 2 is 2.07 bits per heavy atom. The number of nitrogens with two attached hydrogens (primary N) is 1. The summed E-state index contributed by atoms with van der Waals surface area (Å²) in [6.07, 6.45) is 7.03. The molecule has 3 N–H and O–H groups in total. The van der Waals surface area contributed by atoms with Crippen LogP contribution in [0.5, 0.6) is 0 Å². The van der Waals surface area contributed by atoms with Gasteiger partial charge in [-0.15, -0.1) is 0 Å². The molecule has 164 valence electrons. The molecule has 2 aliphatic carbocycles. The zero-order valence-electron chi connectivity index (χ0n) is 17.3. The number of halogens is 1. The summed E-state index contributed by atoms with van der Waals surface area (Å²) in [6, 6.07) is 4.38. The Kier molecular flexibility index (Phi) is 6.65. The van der Waals surface area contributed by atoms with Gasteiger partial charge in [0.15, 0.2) is 0 Å². The highest BCUT2D eigenvalue weighted by atomic mass is 19.1. The maximum atomic E-state index is 14.7. The van der Waals surface area contributed by atoms with Crippen LogP contribution in [0.1, 0.15) is 38.5 Å². The molecule has 3 fully saturated rings. The fourth-order valence-corrected chi connectivity index (χ4v) is 4.40. The van der Waals surface area contributed by atoms with Gasteiger partial charge < -0.3 is 20.7 Å². The van der Waals surface area contributed by atoms with E-state index in [0.717, 1.165) is 19.4 Å². The van der Waals surface area contributed by atoms with Crippen LogP contribution in [0.2, 0.25) is 0 Å². The van der Waals surface area contributed by atoms with E-state index < -0.39 is 11.9 Å². The maximum absolute atomic E-state index is 14.7. The molecule has 1 heterocycles. The average molecular weight is 419 g/mol. The Morgan fingerprint density at radius 1 is 1.30 bits per heavy atom. The summed E-state index contributed by atoms with van der Waals surface area (Å²) < 4.78 is 19.9. The minimum absolute atomic E-state index is 0.00369. The zero-order valence-corrected chi connectivity index (χ0v) is 17.3. The highest BCUT2D eigenvalue weighted by molar-refractivity contribution is 5.97. The van der Waals surface area contributed by atoms with Crippen LogP contribution in [0.4, 0.5) is 15.8 Å². The first-order valence-electron chi connectivity index (χ1n) is 11.0. The monoisotopic (exact) mass is 418 g/mol. The molecule has 8 heteroatoms. The van der Waals surface area contributed by atoms with Crippen molar-refractivity contribution in [2.24, 2.45) is 11.7 Å². The van der Waals surface area contributed by atoms with E-state index in [1.54, 1.807) is 6.07 Å². The first kappa shape index (κ1) is 21.2. The van der Waals surface area contributed by atoms with Crippen LogP contribution in [0, 0.1) is 11.7 Å². The van der Waals surface area contributed by atoms with Crippen molar-refractivity contribution >= 4 is 23.2 Å². The molecule has 0 aromatic heterocycles. The van der Waals surface area contributed by atoms with Gasteiger partial charge in [-0.2, -0.15) is 0 Å². The average Bonchev–Trinajstić information content (AvgIpc) is 2.65. The van der Waals surface area contributed by atoms with E-state index in [9.17, 15) is 14.0 Å². The van der Waals surface area contributed by atoms with E-state index in [-0.39, 0.29) is 30.7 Å². The van der Waals surface area contributed by atoms with Crippen LogP contribution in [0.15, 0.2) is 18.2 Å². The fraction of sp³-hybridized carbons (Fsp3) is 0.636. The minimum atomic E-state index is -0.565. The van der Waals surface area contributed by atoms with Gasteiger partial charge in [-0.3, -0.25) is 14.5 Å². The van der Waals surface area contributed by atoms with Gasteiger partial charge in [0.05, 0.1) is 12.3 Å². The molecule has 7 nitrogen and oxygen atoms in total. The zero-order chi connectivity index (χ0) is 21.1. The van der Waals surface area contributed by atoms with Gasteiger partial charge >= 0.3 is 0 Å². The fourth-order valence-electron chi connectivity index (χ4n) is 4.40. The number of rotatable bonds is 8. The van der Waals surface area contributed by atoms with E-state index in [1.165, 1.54) is 42.7 Å². The number of carbonyl (C=O) groups excluding carboxylic acids is 2. The molecule has 1 aromatic carbocycles. The van der Waals surface area contributed by atoms with Gasteiger partial charge in [-0.1, -0.05) is 12.8 Å². The number of hydrogen-bond acceptors (Lipinski definition) is 5. The first-order chi connectivity index (χ1) is 14.6. The molecule has 1 aromatic rings. The molecular weight excluding hydrogens is 387 g/mol. The maximum Gasteiger partial charge on any atom is 0.253 e. The molecule has 4 rings (SSSR count). The van der Waals surface area contributed by atoms with Gasteiger partial charge in [-0.05, 0) is 49.8 Å². The second kappa shape index (κ2) is 9.41. The van der Waals surface area contributed by atoms with Crippen LogP contribution in [0.25, 0.3) is 0 Å². The molecular formula is C22H31FN4O3. The number of benzene rings is 1. The Bertz CT molecular complexity index is 782. The Labute approximate surface area is 176 Å². The Morgan fingerprint density at radius 3 is 2.63 bits per heavy atom. The third-order valence-electron chi connectivity index (χ3n) is 6.67. The lowest BCUT2D eigenvalue weighted by atomic mass is 9.82. The van der Waals surface area contributed by atoms with Crippen molar-refractivity contribution < 1.29 is 18.7 Å². The highest BCUT2D eigenvalue weighted by Gasteiger charge is 2.36. The van der Waals surface area contributed by atoms with Gasteiger partial charge in [0.2, 0.25) is 5.91 Å². The van der Waals surface area contributed by atoms with E-state index in [1.807, 2.05) is 0 Å². The van der Waals surface area contributed by atoms with Crippen molar-refractivity contribution in [2.45, 2.75) is 50.6 Å². The molecule has 2 amide bonds. The standard InChI is InChI=1S/C22H31FN4O3/c23-18-11-17(26-9-10-30-14-21(26)28)7-8-19(18)25-22(29)20(12-24)27(16-5-2-6-16)13-15-3-1-4-15/h7-8,11,15-16,20H,1-6,9-10,12-14,24H2,(H,25,29)/t20-/m0/s1. The number of nitrogens with zero attached hydrogens (tertiary/aromatic N) is 2. The van der Waals surface area contributed by atoms with Crippen LogP contribution < -0.4 is 16.0 Å². The Balaban J connectivity index is 1.45. The lowest BCUT2D eigenvalue weighted by Crippen LogP contribution is -2.56. The Hall–Kier alpha value is -2.03. The van der Waals surface area contributed by atoms with Crippen molar-refractivity contribution in [1.82, 2.24) is 4.90 Å². The van der Waals surface area contributed by atoms with Gasteiger partial charge in [0.25, 0.3) is 5.91 Å². The summed E-state index contributed by atoms with van der Waals surface area (Å²) in [7, 11) is 0. The van der Waals surface area contributed by atoms with Crippen molar-refractivity contribution in [2.75, 3.05) is 43.1 Å². The molecule has 1 atom stereocenters. The van der Waals surface area contributed by atoms with Crippen molar-refractivity contribution in [3.8, 4) is 0 Å². The molecule has 0 unspecified atom stereocenters. The predicted octanol–water partition coefficient (Wildman–Crippen LogP) is 2.11. The van der Waals surface area contributed by atoms with E-state index >= 15 is 0 Å². The number of nitrogens with one attached hydrogen (secondary N) is 1. The van der Waals surface area contributed by atoms with Crippen LogP contribution in [-0.2, 0) is 14.3 Å². The highest BCUT2D eigenvalue weighted by Crippen LogP contribution is 2.33. The molecule has 30 heavy (non-hydrogen) atoms. The quantitative estimate of drug-likeness (QED) is 0.675. The molecule has 0 spiro atoms. The summed E-state index contributed by atoms with van der Waals surface area (Å²) in [5.41, 5.74) is 6.58. The number of hydrogen-bond donors (Lipinski definition) is 2. The van der Waals surface area contributed by atoms with Gasteiger partial charge in [0, 0.05) is 31.4 Å². The third-order valence-corrected chi connectivity index (χ3v) is 6.67. The molecule has 3 aliphatic rings. The van der Waals surface area contributed by atoms with E-state index in [4.69, 9.17) is 10.5 Å². The molecule has 0 radical (unpaired) electrons. The number of ether oxygens (including phenoxy) is 1. The third kappa shape index (κ3) is 4.50. The molecule has 1 aliphatic heterocycles.